The second-order valence-electron chi connectivity index (χ2n) is 3.22. The third-order valence-electron chi connectivity index (χ3n) is 2.10. The molecule has 0 aliphatic heterocycles. The highest BCUT2D eigenvalue weighted by molar-refractivity contribution is 5.67. The number of hydrogen-bond donors (Lipinski definition) is 1. The molecule has 4 heteroatoms. The number of hydrogen-bond acceptors (Lipinski definition) is 2. The zero-order chi connectivity index (χ0) is 11.1. The Bertz CT molecular complexity index is 383. The molecule has 0 saturated carbocycles. The Balaban J connectivity index is 2.67. The topological polar surface area (TPSA) is 74.8 Å². The Morgan fingerprint density at radius 1 is 1.53 bits per heavy atom. The molecule has 0 aromatic heterocycles. The van der Waals surface area contributed by atoms with E-state index >= 15 is 0 Å². The Hall–Kier alpha value is -1.93. The second kappa shape index (κ2) is 5.73. The van der Waals surface area contributed by atoms with Crippen molar-refractivity contribution < 1.29 is 0 Å². The van der Waals surface area contributed by atoms with Crippen molar-refractivity contribution in [1.29, 1.82) is 0 Å². The zero-order valence-electron chi connectivity index (χ0n) is 8.72. The van der Waals surface area contributed by atoms with Crippen LogP contribution in [0.25, 0.3) is 16.5 Å². The summed E-state index contributed by atoms with van der Waals surface area (Å²) in [6, 6.07) is 5.82. The molecule has 78 valence electrons. The van der Waals surface area contributed by atoms with E-state index in [1.807, 2.05) is 37.3 Å². The van der Waals surface area contributed by atoms with Gasteiger partial charge in [0.1, 0.15) is 0 Å². The molecule has 0 fully saturated rings. The number of anilines is 1. The Kier molecular flexibility index (Phi) is 4.26. The first-order chi connectivity index (χ1) is 7.25. The van der Waals surface area contributed by atoms with E-state index in [-0.39, 0.29) is 0 Å². The lowest BCUT2D eigenvalue weighted by molar-refractivity contribution is 0.995. The van der Waals surface area contributed by atoms with Crippen LogP contribution in [0.3, 0.4) is 0 Å². The van der Waals surface area contributed by atoms with Gasteiger partial charge in [0.15, 0.2) is 0 Å². The maximum absolute atomic E-state index is 8.09. The molecule has 0 bridgehead atoms. The van der Waals surface area contributed by atoms with Crippen molar-refractivity contribution >= 4 is 11.8 Å². The fraction of sp³-hybridized carbons (Fsp3) is 0.273. The van der Waals surface area contributed by atoms with Crippen LogP contribution in [0.1, 0.15) is 17.5 Å². The molecule has 0 atom stereocenters. The highest BCUT2D eigenvalue weighted by Crippen LogP contribution is 2.17. The van der Waals surface area contributed by atoms with Crippen LogP contribution in [0.2, 0.25) is 0 Å². The van der Waals surface area contributed by atoms with E-state index in [0.29, 0.717) is 6.54 Å². The van der Waals surface area contributed by atoms with E-state index < -0.39 is 0 Å². The maximum atomic E-state index is 8.09. The number of benzene rings is 1. The molecule has 2 N–H and O–H groups in total. The second-order valence-corrected chi connectivity index (χ2v) is 3.22. The van der Waals surface area contributed by atoms with Crippen molar-refractivity contribution in [2.45, 2.75) is 13.3 Å². The third kappa shape index (κ3) is 3.37. The minimum Gasteiger partial charge on any atom is -0.398 e. The van der Waals surface area contributed by atoms with Gasteiger partial charge in [-0.3, -0.25) is 0 Å². The molecule has 0 amide bonds. The summed E-state index contributed by atoms with van der Waals surface area (Å²) in [5.74, 6) is 0. The molecule has 0 aliphatic rings. The highest BCUT2D eigenvalue weighted by atomic mass is 15.1. The van der Waals surface area contributed by atoms with Crippen LogP contribution in [0, 0.1) is 6.92 Å². The molecule has 0 saturated heterocycles. The van der Waals surface area contributed by atoms with Gasteiger partial charge in [0.25, 0.3) is 0 Å². The molecule has 0 heterocycles. The van der Waals surface area contributed by atoms with E-state index in [2.05, 4.69) is 10.0 Å². The summed E-state index contributed by atoms with van der Waals surface area (Å²) in [5, 5.41) is 3.45. The van der Waals surface area contributed by atoms with Gasteiger partial charge in [-0.15, -0.1) is 0 Å². The molecule has 1 aromatic carbocycles. The molecule has 15 heavy (non-hydrogen) atoms. The lowest BCUT2D eigenvalue weighted by Gasteiger charge is -2.03. The van der Waals surface area contributed by atoms with Gasteiger partial charge in [0.2, 0.25) is 0 Å². The zero-order valence-corrected chi connectivity index (χ0v) is 8.72. The lowest BCUT2D eigenvalue weighted by atomic mass is 10.1. The van der Waals surface area contributed by atoms with E-state index in [9.17, 15) is 0 Å². The number of rotatable bonds is 4. The number of aryl methyl sites for hydroxylation is 1. The number of nitrogens with zero attached hydrogens (tertiary/aromatic N) is 3. The molecular weight excluding hydrogens is 188 g/mol. The lowest BCUT2D eigenvalue weighted by Crippen LogP contribution is -1.91. The van der Waals surface area contributed by atoms with Gasteiger partial charge in [-0.25, -0.2) is 0 Å². The van der Waals surface area contributed by atoms with E-state index in [1.54, 1.807) is 0 Å². The molecule has 4 nitrogen and oxygen atoms in total. The minimum atomic E-state index is 0.485. The van der Waals surface area contributed by atoms with Crippen LogP contribution in [0.15, 0.2) is 29.4 Å². The van der Waals surface area contributed by atoms with Crippen molar-refractivity contribution in [3.63, 3.8) is 0 Å². The predicted octanol–water partition coefficient (Wildman–Crippen LogP) is 3.29. The van der Waals surface area contributed by atoms with Gasteiger partial charge in [-0.05, 0) is 36.1 Å². The fourth-order valence-corrected chi connectivity index (χ4v) is 1.31. The summed E-state index contributed by atoms with van der Waals surface area (Å²) >= 11 is 0. The number of nitrogen functional groups attached to an aromatic ring is 1. The molecule has 1 aromatic rings. The summed E-state index contributed by atoms with van der Waals surface area (Å²) in [7, 11) is 0. The fourth-order valence-electron chi connectivity index (χ4n) is 1.31. The van der Waals surface area contributed by atoms with Gasteiger partial charge in [0.05, 0.1) is 0 Å². The van der Waals surface area contributed by atoms with Crippen LogP contribution in [-0.4, -0.2) is 6.54 Å². The molecule has 1 rings (SSSR count). The molecule has 0 unspecified atom stereocenters. The SMILES string of the molecule is Cc1cccc(N)c1C=CCCN=[N+]=[N-]. The third-order valence-corrected chi connectivity index (χ3v) is 2.10. The monoisotopic (exact) mass is 202 g/mol. The van der Waals surface area contributed by atoms with Gasteiger partial charge >= 0.3 is 0 Å². The van der Waals surface area contributed by atoms with Crippen LogP contribution >= 0.6 is 0 Å². The minimum absolute atomic E-state index is 0.485. The molecule has 0 spiro atoms. The van der Waals surface area contributed by atoms with E-state index in [1.165, 1.54) is 0 Å². The van der Waals surface area contributed by atoms with Crippen molar-refractivity contribution in [3.05, 3.63) is 45.8 Å². The maximum Gasteiger partial charge on any atom is 0.0390 e. The smallest absolute Gasteiger partial charge is 0.0390 e. The molecule has 0 aliphatic carbocycles. The van der Waals surface area contributed by atoms with Crippen molar-refractivity contribution in [2.75, 3.05) is 12.3 Å². The number of nitrogens with two attached hydrogens (primary N) is 1. The van der Waals surface area contributed by atoms with Gasteiger partial charge < -0.3 is 5.73 Å². The Morgan fingerprint density at radius 3 is 3.00 bits per heavy atom. The van der Waals surface area contributed by atoms with E-state index in [4.69, 9.17) is 11.3 Å². The first-order valence-electron chi connectivity index (χ1n) is 4.78. The first-order valence-corrected chi connectivity index (χ1v) is 4.78. The molecular formula is C11H14N4. The van der Waals surface area contributed by atoms with Gasteiger partial charge in [-0.2, -0.15) is 0 Å². The Labute approximate surface area is 89.0 Å². The predicted molar refractivity (Wildman–Crippen MR) is 63.3 cm³/mol. The standard InChI is InChI=1S/C11H14N4/c1-9-5-4-7-11(12)10(9)6-2-3-8-14-15-13/h2,4-7H,3,8,12H2,1H3. The first kappa shape index (κ1) is 11.1. The largest absolute Gasteiger partial charge is 0.398 e. The van der Waals surface area contributed by atoms with Gasteiger partial charge in [0, 0.05) is 17.1 Å². The average molecular weight is 202 g/mol. The molecule has 0 radical (unpaired) electrons. The quantitative estimate of drug-likeness (QED) is 0.263. The van der Waals surface area contributed by atoms with Gasteiger partial charge in [-0.1, -0.05) is 29.4 Å². The average Bonchev–Trinajstić information content (AvgIpc) is 2.21. The summed E-state index contributed by atoms with van der Waals surface area (Å²) < 4.78 is 0. The van der Waals surface area contributed by atoms with Crippen LogP contribution in [0.5, 0.6) is 0 Å². The normalized spacial score (nSPS) is 10.2. The summed E-state index contributed by atoms with van der Waals surface area (Å²) in [4.78, 5) is 2.68. The number of azide groups is 1. The van der Waals surface area contributed by atoms with Crippen LogP contribution in [0.4, 0.5) is 5.69 Å². The van der Waals surface area contributed by atoms with Crippen LogP contribution in [-0.2, 0) is 0 Å². The highest BCUT2D eigenvalue weighted by Gasteiger charge is 1.96. The van der Waals surface area contributed by atoms with Crippen molar-refractivity contribution in [2.24, 2.45) is 5.11 Å². The summed E-state index contributed by atoms with van der Waals surface area (Å²) in [5.41, 5.74) is 16.9. The summed E-state index contributed by atoms with van der Waals surface area (Å²) in [6.45, 7) is 2.50. The van der Waals surface area contributed by atoms with Crippen LogP contribution < -0.4 is 5.73 Å². The Morgan fingerprint density at radius 2 is 2.33 bits per heavy atom. The van der Waals surface area contributed by atoms with E-state index in [0.717, 1.165) is 23.2 Å². The van der Waals surface area contributed by atoms with Crippen molar-refractivity contribution in [1.82, 2.24) is 0 Å². The summed E-state index contributed by atoms with van der Waals surface area (Å²) in [6.07, 6.45) is 4.67. The van der Waals surface area contributed by atoms with Crippen molar-refractivity contribution in [3.8, 4) is 0 Å².